The zero-order valence-corrected chi connectivity index (χ0v) is 18.8. The molecule has 6 nitrogen and oxygen atoms in total. The van der Waals surface area contributed by atoms with Crippen LogP contribution in [-0.4, -0.2) is 32.9 Å². The van der Waals surface area contributed by atoms with Crippen LogP contribution >= 0.6 is 35.0 Å². The van der Waals surface area contributed by atoms with Crippen LogP contribution in [0.4, 0.5) is 5.69 Å². The second kappa shape index (κ2) is 8.34. The number of carbonyl (C=O) groups is 1. The topological polar surface area (TPSA) is 68.5 Å². The fourth-order valence-electron chi connectivity index (χ4n) is 3.15. The molecule has 0 saturated heterocycles. The number of thioether (sulfide) groups is 1. The number of anilines is 1. The Hall–Kier alpha value is -2.48. The lowest BCUT2D eigenvalue weighted by atomic mass is 10.1. The number of pyridine rings is 1. The zero-order valence-electron chi connectivity index (χ0n) is 16.4. The van der Waals surface area contributed by atoms with Gasteiger partial charge in [-0.15, -0.1) is 10.2 Å². The van der Waals surface area contributed by atoms with Gasteiger partial charge < -0.3 is 10.1 Å². The maximum absolute atomic E-state index is 12.7. The maximum atomic E-state index is 12.7. The number of benzene rings is 2. The summed E-state index contributed by atoms with van der Waals surface area (Å²) in [6.45, 7) is 3.83. The van der Waals surface area contributed by atoms with Gasteiger partial charge in [-0.1, -0.05) is 35.0 Å². The third kappa shape index (κ3) is 3.93. The van der Waals surface area contributed by atoms with Crippen LogP contribution < -0.4 is 10.1 Å². The van der Waals surface area contributed by atoms with Gasteiger partial charge in [0.15, 0.2) is 10.8 Å². The summed E-state index contributed by atoms with van der Waals surface area (Å²) >= 11 is 13.5. The summed E-state index contributed by atoms with van der Waals surface area (Å²) in [4.78, 5) is 12.7. The number of aryl methyl sites for hydroxylation is 1. The molecule has 2 aromatic heterocycles. The minimum absolute atomic E-state index is 0.213. The standard InChI is InChI=1S/C21H18Cl2N4O2S/c1-11-8-19-25-26-21(27(19)18-10-14(29-3)5-6-15(11)18)30-12(2)20(28)24-17-9-13(22)4-7-16(17)23/h4-10,12H,1-3H3,(H,24,28). The Morgan fingerprint density at radius 1 is 1.17 bits per heavy atom. The number of carbonyl (C=O) groups excluding carboxylic acids is 1. The van der Waals surface area contributed by atoms with Crippen molar-refractivity contribution in [3.05, 3.63) is 58.1 Å². The van der Waals surface area contributed by atoms with Crippen molar-refractivity contribution in [3.63, 3.8) is 0 Å². The van der Waals surface area contributed by atoms with E-state index in [1.54, 1.807) is 32.2 Å². The van der Waals surface area contributed by atoms with Gasteiger partial charge in [-0.2, -0.15) is 0 Å². The maximum Gasteiger partial charge on any atom is 0.237 e. The van der Waals surface area contributed by atoms with E-state index in [1.165, 1.54) is 11.8 Å². The van der Waals surface area contributed by atoms with E-state index >= 15 is 0 Å². The van der Waals surface area contributed by atoms with Gasteiger partial charge in [-0.3, -0.25) is 9.20 Å². The Morgan fingerprint density at radius 3 is 2.73 bits per heavy atom. The molecule has 0 aliphatic heterocycles. The van der Waals surface area contributed by atoms with E-state index < -0.39 is 5.25 Å². The van der Waals surface area contributed by atoms with Crippen LogP contribution in [0.1, 0.15) is 12.5 Å². The number of hydrogen-bond donors (Lipinski definition) is 1. The molecule has 30 heavy (non-hydrogen) atoms. The Bertz CT molecular complexity index is 1280. The summed E-state index contributed by atoms with van der Waals surface area (Å²) in [7, 11) is 1.63. The monoisotopic (exact) mass is 460 g/mol. The number of nitrogens with one attached hydrogen (secondary N) is 1. The van der Waals surface area contributed by atoms with Gasteiger partial charge in [0.1, 0.15) is 5.75 Å². The number of aromatic nitrogens is 3. The molecule has 0 aliphatic rings. The molecule has 1 N–H and O–H groups in total. The SMILES string of the molecule is COc1ccc2c(C)cc3nnc(SC(C)C(=O)Nc4cc(Cl)ccc4Cl)n3c2c1. The highest BCUT2D eigenvalue weighted by atomic mass is 35.5. The average Bonchev–Trinajstić information content (AvgIpc) is 3.12. The molecule has 2 heterocycles. The molecule has 1 amide bonds. The lowest BCUT2D eigenvalue weighted by Gasteiger charge is -2.13. The smallest absolute Gasteiger partial charge is 0.237 e. The Labute approximate surface area is 187 Å². The second-order valence-electron chi connectivity index (χ2n) is 6.76. The first-order valence-corrected chi connectivity index (χ1v) is 10.8. The number of nitrogens with zero attached hydrogens (tertiary/aromatic N) is 3. The molecule has 0 fully saturated rings. The van der Waals surface area contributed by atoms with Gasteiger partial charge in [-0.05, 0) is 55.8 Å². The first-order valence-electron chi connectivity index (χ1n) is 9.12. The van der Waals surface area contributed by atoms with Gasteiger partial charge in [-0.25, -0.2) is 0 Å². The quantitative estimate of drug-likeness (QED) is 0.391. The molecule has 0 radical (unpaired) electrons. The molecule has 0 spiro atoms. The Kier molecular flexibility index (Phi) is 5.77. The van der Waals surface area contributed by atoms with E-state index in [4.69, 9.17) is 27.9 Å². The number of amides is 1. The molecule has 1 atom stereocenters. The van der Waals surface area contributed by atoms with E-state index in [0.29, 0.717) is 26.5 Å². The third-order valence-electron chi connectivity index (χ3n) is 4.71. The van der Waals surface area contributed by atoms with Crippen LogP contribution in [0.5, 0.6) is 5.75 Å². The highest BCUT2D eigenvalue weighted by Crippen LogP contribution is 2.31. The van der Waals surface area contributed by atoms with E-state index in [2.05, 4.69) is 15.5 Å². The normalized spacial score (nSPS) is 12.3. The van der Waals surface area contributed by atoms with Crippen LogP contribution in [0.25, 0.3) is 16.6 Å². The predicted octanol–water partition coefficient (Wildman–Crippen LogP) is 5.63. The van der Waals surface area contributed by atoms with E-state index in [-0.39, 0.29) is 5.91 Å². The summed E-state index contributed by atoms with van der Waals surface area (Å²) < 4.78 is 7.32. The zero-order chi connectivity index (χ0) is 21.4. The Balaban J connectivity index is 1.67. The van der Waals surface area contributed by atoms with Gasteiger partial charge in [0.25, 0.3) is 0 Å². The molecule has 4 aromatic rings. The second-order valence-corrected chi connectivity index (χ2v) is 8.91. The first kappa shape index (κ1) is 20.8. The number of ether oxygens (including phenoxy) is 1. The Morgan fingerprint density at radius 2 is 1.97 bits per heavy atom. The number of methoxy groups -OCH3 is 1. The molecule has 0 saturated carbocycles. The van der Waals surface area contributed by atoms with Crippen molar-refractivity contribution < 1.29 is 9.53 Å². The summed E-state index contributed by atoms with van der Waals surface area (Å²) in [6.07, 6.45) is 0. The molecular formula is C21H18Cl2N4O2S. The number of hydrogen-bond acceptors (Lipinski definition) is 5. The molecule has 1 unspecified atom stereocenters. The largest absolute Gasteiger partial charge is 0.497 e. The summed E-state index contributed by atoms with van der Waals surface area (Å²) in [5.41, 5.74) is 3.19. The third-order valence-corrected chi connectivity index (χ3v) is 6.32. The van der Waals surface area contributed by atoms with Gasteiger partial charge >= 0.3 is 0 Å². The van der Waals surface area contributed by atoms with Gasteiger partial charge in [0.2, 0.25) is 5.91 Å². The molecule has 0 bridgehead atoms. The van der Waals surface area contributed by atoms with Crippen molar-refractivity contribution in [1.29, 1.82) is 0 Å². The predicted molar refractivity (Wildman–Crippen MR) is 122 cm³/mol. The summed E-state index contributed by atoms with van der Waals surface area (Å²) in [5, 5.41) is 13.6. The minimum Gasteiger partial charge on any atom is -0.497 e. The van der Waals surface area contributed by atoms with Gasteiger partial charge in [0, 0.05) is 16.5 Å². The van der Waals surface area contributed by atoms with Crippen LogP contribution in [0.15, 0.2) is 47.6 Å². The highest BCUT2D eigenvalue weighted by molar-refractivity contribution is 8.00. The summed E-state index contributed by atoms with van der Waals surface area (Å²) in [6, 6.07) is 12.8. The van der Waals surface area contributed by atoms with E-state index in [0.717, 1.165) is 22.2 Å². The fraction of sp³-hybridized carbons (Fsp3) is 0.190. The van der Waals surface area contributed by atoms with Crippen LogP contribution in [-0.2, 0) is 4.79 Å². The minimum atomic E-state index is -0.450. The lowest BCUT2D eigenvalue weighted by molar-refractivity contribution is -0.115. The average molecular weight is 461 g/mol. The molecule has 0 aliphatic carbocycles. The molecule has 2 aromatic carbocycles. The molecule has 4 rings (SSSR count). The number of rotatable bonds is 5. The highest BCUT2D eigenvalue weighted by Gasteiger charge is 2.20. The molecule has 9 heteroatoms. The van der Waals surface area contributed by atoms with Crippen LogP contribution in [0.3, 0.4) is 0 Å². The van der Waals surface area contributed by atoms with Crippen molar-refractivity contribution in [1.82, 2.24) is 14.6 Å². The van der Waals surface area contributed by atoms with Gasteiger partial charge in [0.05, 0.1) is 28.6 Å². The van der Waals surface area contributed by atoms with Crippen molar-refractivity contribution in [2.75, 3.05) is 12.4 Å². The molecule has 154 valence electrons. The van der Waals surface area contributed by atoms with Crippen molar-refractivity contribution in [2.45, 2.75) is 24.3 Å². The van der Waals surface area contributed by atoms with E-state index in [1.807, 2.05) is 35.6 Å². The van der Waals surface area contributed by atoms with Crippen molar-refractivity contribution in [2.24, 2.45) is 0 Å². The van der Waals surface area contributed by atoms with E-state index in [9.17, 15) is 4.79 Å². The molecular weight excluding hydrogens is 443 g/mol. The van der Waals surface area contributed by atoms with Crippen LogP contribution in [0.2, 0.25) is 10.0 Å². The van der Waals surface area contributed by atoms with Crippen LogP contribution in [0, 0.1) is 6.92 Å². The summed E-state index contributed by atoms with van der Waals surface area (Å²) in [5.74, 6) is 0.523. The number of fused-ring (bicyclic) bond motifs is 3. The van der Waals surface area contributed by atoms with Crippen molar-refractivity contribution in [3.8, 4) is 5.75 Å². The first-order chi connectivity index (χ1) is 14.4. The number of halogens is 2. The van der Waals surface area contributed by atoms with Crippen molar-refractivity contribution >= 4 is 63.1 Å². The lowest BCUT2D eigenvalue weighted by Crippen LogP contribution is -2.22. The fourth-order valence-corrected chi connectivity index (χ4v) is 4.35.